The van der Waals surface area contributed by atoms with Gasteiger partial charge >= 0.3 is 0 Å². The summed E-state index contributed by atoms with van der Waals surface area (Å²) in [4.78, 5) is 18.7. The van der Waals surface area contributed by atoms with Gasteiger partial charge in [-0.3, -0.25) is 9.88 Å². The van der Waals surface area contributed by atoms with Gasteiger partial charge in [-0.1, -0.05) is 0 Å². The zero-order valence-corrected chi connectivity index (χ0v) is 17.3. The first-order chi connectivity index (χ1) is 14.1. The summed E-state index contributed by atoms with van der Waals surface area (Å²) in [5, 5.41) is 0. The van der Waals surface area contributed by atoms with E-state index in [2.05, 4.69) is 45.7 Å². The average molecular weight is 396 g/mol. The molecule has 3 aliphatic rings. The molecule has 0 saturated carbocycles. The molecule has 5 rings (SSSR count). The molecule has 154 valence electrons. The van der Waals surface area contributed by atoms with Crippen molar-refractivity contribution in [2.24, 2.45) is 0 Å². The van der Waals surface area contributed by atoms with Gasteiger partial charge in [-0.05, 0) is 44.5 Å². The molecule has 2 fully saturated rings. The molecule has 0 aliphatic carbocycles. The Kier molecular flexibility index (Phi) is 4.97. The molecule has 0 unspecified atom stereocenters. The monoisotopic (exact) mass is 395 g/mol. The Morgan fingerprint density at radius 2 is 1.97 bits per heavy atom. The summed E-state index contributed by atoms with van der Waals surface area (Å²) in [6.45, 7) is 10.2. The summed E-state index contributed by atoms with van der Waals surface area (Å²) in [6.07, 6.45) is 7.16. The van der Waals surface area contributed by atoms with Crippen molar-refractivity contribution in [2.75, 3.05) is 37.7 Å². The van der Waals surface area contributed by atoms with Crippen LogP contribution in [0.25, 0.3) is 0 Å². The van der Waals surface area contributed by atoms with Crippen LogP contribution in [0.1, 0.15) is 37.1 Å². The number of morpholine rings is 1. The molecule has 0 amide bonds. The normalized spacial score (nSPS) is 29.9. The van der Waals surface area contributed by atoms with E-state index in [1.807, 2.05) is 18.6 Å². The summed E-state index contributed by atoms with van der Waals surface area (Å²) in [5.74, 6) is 0.833. The van der Waals surface area contributed by atoms with Gasteiger partial charge in [0, 0.05) is 50.3 Å². The van der Waals surface area contributed by atoms with Crippen molar-refractivity contribution in [2.45, 2.75) is 51.0 Å². The van der Waals surface area contributed by atoms with E-state index in [1.54, 1.807) is 0 Å². The quantitative estimate of drug-likeness (QED) is 0.789. The second kappa shape index (κ2) is 7.63. The number of likely N-dealkylation sites (tertiary alicyclic amines) is 1. The number of pyridine rings is 1. The van der Waals surface area contributed by atoms with Gasteiger partial charge in [-0.25, -0.2) is 9.97 Å². The molecule has 7 nitrogen and oxygen atoms in total. The number of ether oxygens (including phenoxy) is 2. The Balaban J connectivity index is 1.40. The van der Waals surface area contributed by atoms with E-state index < -0.39 is 0 Å². The maximum absolute atomic E-state index is 6.00. The molecular formula is C22H29N5O2. The highest BCUT2D eigenvalue weighted by molar-refractivity contribution is 5.39. The van der Waals surface area contributed by atoms with E-state index in [0.717, 1.165) is 57.3 Å². The lowest BCUT2D eigenvalue weighted by molar-refractivity contribution is -0.00584. The van der Waals surface area contributed by atoms with Crippen LogP contribution in [0.2, 0.25) is 0 Å². The number of rotatable bonds is 3. The molecule has 3 atom stereocenters. The highest BCUT2D eigenvalue weighted by atomic mass is 16.5. The standard InChI is InChI=1S/C22H29N5O2/c1-16-10-27(11-17(2)29-16)21-24-9-19-13-28-15-22(20(19)25-21)5-8-26(14-22)12-18-3-6-23-7-4-18/h3-4,6-7,9,16-17H,5,8,10-15H2,1-2H3/t16-,17-,22-/m0/s1. The van der Waals surface area contributed by atoms with Crippen molar-refractivity contribution < 1.29 is 9.47 Å². The lowest BCUT2D eigenvalue weighted by Crippen LogP contribution is -2.47. The molecule has 0 N–H and O–H groups in total. The SMILES string of the molecule is C[C@H]1CN(c2ncc3c(n2)[C@]2(CCN(Cc4ccncc4)C2)COC3)C[C@H](C)O1. The second-order valence-corrected chi connectivity index (χ2v) is 8.80. The zero-order chi connectivity index (χ0) is 19.8. The number of aromatic nitrogens is 3. The lowest BCUT2D eigenvalue weighted by Gasteiger charge is -2.38. The molecule has 29 heavy (non-hydrogen) atoms. The van der Waals surface area contributed by atoms with E-state index in [0.29, 0.717) is 6.61 Å². The van der Waals surface area contributed by atoms with Gasteiger partial charge in [0.05, 0.1) is 36.5 Å². The lowest BCUT2D eigenvalue weighted by atomic mass is 9.80. The van der Waals surface area contributed by atoms with Crippen LogP contribution in [0.15, 0.2) is 30.7 Å². The molecule has 2 aromatic rings. The van der Waals surface area contributed by atoms with Gasteiger partial charge in [0.2, 0.25) is 5.95 Å². The molecule has 5 heterocycles. The van der Waals surface area contributed by atoms with Crippen LogP contribution in [0, 0.1) is 0 Å². The predicted octanol–water partition coefficient (Wildman–Crippen LogP) is 2.16. The minimum absolute atomic E-state index is 0.0399. The van der Waals surface area contributed by atoms with Crippen LogP contribution in [0.4, 0.5) is 5.95 Å². The summed E-state index contributed by atoms with van der Waals surface area (Å²) in [7, 11) is 0. The van der Waals surface area contributed by atoms with Crippen molar-refractivity contribution >= 4 is 5.95 Å². The van der Waals surface area contributed by atoms with Gasteiger partial charge in [0.25, 0.3) is 0 Å². The fourth-order valence-corrected chi connectivity index (χ4v) is 5.03. The smallest absolute Gasteiger partial charge is 0.225 e. The Morgan fingerprint density at radius 3 is 2.76 bits per heavy atom. The van der Waals surface area contributed by atoms with Crippen LogP contribution in [-0.4, -0.2) is 64.8 Å². The van der Waals surface area contributed by atoms with E-state index in [9.17, 15) is 0 Å². The number of fused-ring (bicyclic) bond motifs is 2. The number of hydrogen-bond acceptors (Lipinski definition) is 7. The topological polar surface area (TPSA) is 63.6 Å². The van der Waals surface area contributed by atoms with Gasteiger partial charge in [0.1, 0.15) is 0 Å². The first kappa shape index (κ1) is 18.9. The summed E-state index contributed by atoms with van der Waals surface area (Å²) >= 11 is 0. The van der Waals surface area contributed by atoms with Gasteiger partial charge in [0.15, 0.2) is 0 Å². The molecule has 0 radical (unpaired) electrons. The Morgan fingerprint density at radius 1 is 1.17 bits per heavy atom. The third-order valence-corrected chi connectivity index (χ3v) is 6.28. The minimum atomic E-state index is -0.0399. The van der Waals surface area contributed by atoms with Gasteiger partial charge < -0.3 is 14.4 Å². The van der Waals surface area contributed by atoms with Crippen molar-refractivity contribution in [1.29, 1.82) is 0 Å². The molecular weight excluding hydrogens is 366 g/mol. The average Bonchev–Trinajstić information content (AvgIpc) is 3.11. The van der Waals surface area contributed by atoms with Gasteiger partial charge in [-0.15, -0.1) is 0 Å². The number of hydrogen-bond donors (Lipinski definition) is 0. The maximum Gasteiger partial charge on any atom is 0.225 e. The Bertz CT molecular complexity index is 854. The highest BCUT2D eigenvalue weighted by Crippen LogP contribution is 2.40. The second-order valence-electron chi connectivity index (χ2n) is 8.80. The molecule has 7 heteroatoms. The number of nitrogens with zero attached hydrogens (tertiary/aromatic N) is 5. The van der Waals surface area contributed by atoms with Crippen molar-refractivity contribution in [3.05, 3.63) is 47.5 Å². The van der Waals surface area contributed by atoms with Crippen LogP contribution >= 0.6 is 0 Å². The van der Waals surface area contributed by atoms with Crippen LogP contribution in [0.3, 0.4) is 0 Å². The Hall–Kier alpha value is -2.09. The highest BCUT2D eigenvalue weighted by Gasteiger charge is 2.45. The van der Waals surface area contributed by atoms with Gasteiger partial charge in [-0.2, -0.15) is 0 Å². The molecule has 3 aliphatic heterocycles. The summed E-state index contributed by atoms with van der Waals surface area (Å²) in [6, 6.07) is 4.19. The van der Waals surface area contributed by atoms with E-state index in [-0.39, 0.29) is 17.6 Å². The largest absolute Gasteiger partial charge is 0.376 e. The van der Waals surface area contributed by atoms with Crippen LogP contribution in [0.5, 0.6) is 0 Å². The first-order valence-electron chi connectivity index (χ1n) is 10.6. The van der Waals surface area contributed by atoms with E-state index in [1.165, 1.54) is 11.3 Å². The molecule has 0 bridgehead atoms. The van der Waals surface area contributed by atoms with Crippen LogP contribution in [-0.2, 0) is 28.0 Å². The van der Waals surface area contributed by atoms with E-state index >= 15 is 0 Å². The summed E-state index contributed by atoms with van der Waals surface area (Å²) in [5.41, 5.74) is 3.59. The Labute approximate surface area is 172 Å². The predicted molar refractivity (Wildman–Crippen MR) is 110 cm³/mol. The third-order valence-electron chi connectivity index (χ3n) is 6.28. The fourth-order valence-electron chi connectivity index (χ4n) is 5.03. The summed E-state index contributed by atoms with van der Waals surface area (Å²) < 4.78 is 11.9. The molecule has 0 aromatic carbocycles. The molecule has 2 aromatic heterocycles. The molecule has 1 spiro atoms. The first-order valence-corrected chi connectivity index (χ1v) is 10.6. The van der Waals surface area contributed by atoms with Crippen molar-refractivity contribution in [3.63, 3.8) is 0 Å². The maximum atomic E-state index is 6.00. The molecule has 2 saturated heterocycles. The zero-order valence-electron chi connectivity index (χ0n) is 17.3. The number of anilines is 1. The van der Waals surface area contributed by atoms with Crippen molar-refractivity contribution in [3.8, 4) is 0 Å². The third kappa shape index (κ3) is 3.74. The fraction of sp³-hybridized carbons (Fsp3) is 0.591. The van der Waals surface area contributed by atoms with Crippen molar-refractivity contribution in [1.82, 2.24) is 19.9 Å². The minimum Gasteiger partial charge on any atom is -0.376 e. The van der Waals surface area contributed by atoms with Crippen LogP contribution < -0.4 is 4.90 Å². The van der Waals surface area contributed by atoms with E-state index in [4.69, 9.17) is 14.5 Å².